The lowest BCUT2D eigenvalue weighted by molar-refractivity contribution is 0.102. The molecule has 1 amide bonds. The fourth-order valence-corrected chi connectivity index (χ4v) is 2.11. The summed E-state index contributed by atoms with van der Waals surface area (Å²) >= 11 is 5.88. The number of rotatable bonds is 6. The van der Waals surface area contributed by atoms with Crippen LogP contribution in [-0.4, -0.2) is 29.7 Å². The van der Waals surface area contributed by atoms with Gasteiger partial charge in [-0.15, -0.1) is 10.2 Å². The molecule has 1 aromatic heterocycles. The van der Waals surface area contributed by atoms with E-state index in [1.807, 2.05) is 18.0 Å². The Kier molecular flexibility index (Phi) is 5.72. The van der Waals surface area contributed by atoms with Crippen molar-refractivity contribution in [3.8, 4) is 0 Å². The molecular weight excluding hydrogens is 300 g/mol. The van der Waals surface area contributed by atoms with Gasteiger partial charge in [0, 0.05) is 24.2 Å². The molecule has 0 aliphatic heterocycles. The minimum atomic E-state index is -0.260. The number of hydrogen-bond acceptors (Lipinski definition) is 4. The number of anilines is 2. The lowest BCUT2D eigenvalue weighted by Crippen LogP contribution is -2.20. The summed E-state index contributed by atoms with van der Waals surface area (Å²) in [7, 11) is 1.98. The minimum absolute atomic E-state index is 0.260. The summed E-state index contributed by atoms with van der Waals surface area (Å²) < 4.78 is 0. The van der Waals surface area contributed by atoms with Gasteiger partial charge in [-0.1, -0.05) is 31.0 Å². The molecule has 5 nitrogen and oxygen atoms in total. The van der Waals surface area contributed by atoms with Crippen molar-refractivity contribution in [1.29, 1.82) is 0 Å². The Labute approximate surface area is 135 Å². The second kappa shape index (κ2) is 7.75. The molecule has 2 rings (SSSR count). The summed E-state index contributed by atoms with van der Waals surface area (Å²) in [6.45, 7) is 3.08. The zero-order valence-corrected chi connectivity index (χ0v) is 13.5. The molecule has 0 aliphatic carbocycles. The smallest absolute Gasteiger partial charge is 0.256 e. The summed E-state index contributed by atoms with van der Waals surface area (Å²) in [5.74, 6) is 0.940. The highest BCUT2D eigenvalue weighted by Gasteiger charge is 2.08. The van der Waals surface area contributed by atoms with Gasteiger partial charge in [-0.2, -0.15) is 0 Å². The van der Waals surface area contributed by atoms with Gasteiger partial charge in [0.05, 0.1) is 0 Å². The lowest BCUT2D eigenvalue weighted by Gasteiger charge is -2.16. The van der Waals surface area contributed by atoms with Crippen LogP contribution in [0.2, 0.25) is 5.02 Å². The van der Waals surface area contributed by atoms with E-state index in [1.165, 1.54) is 0 Å². The third-order valence-corrected chi connectivity index (χ3v) is 3.45. The highest BCUT2D eigenvalue weighted by Crippen LogP contribution is 2.14. The van der Waals surface area contributed by atoms with Crippen molar-refractivity contribution in [1.82, 2.24) is 10.2 Å². The van der Waals surface area contributed by atoms with Crippen LogP contribution in [0.3, 0.4) is 0 Å². The fourth-order valence-electron chi connectivity index (χ4n) is 1.92. The van der Waals surface area contributed by atoms with Crippen molar-refractivity contribution >= 4 is 29.1 Å². The molecule has 6 heteroatoms. The molecule has 0 radical (unpaired) electrons. The summed E-state index contributed by atoms with van der Waals surface area (Å²) in [5, 5.41) is 11.4. The summed E-state index contributed by atoms with van der Waals surface area (Å²) in [5.41, 5.74) is 0.485. The Morgan fingerprint density at radius 3 is 2.73 bits per heavy atom. The molecule has 1 N–H and O–H groups in total. The Morgan fingerprint density at radius 2 is 2.09 bits per heavy atom. The van der Waals surface area contributed by atoms with Crippen molar-refractivity contribution < 1.29 is 4.79 Å². The van der Waals surface area contributed by atoms with Gasteiger partial charge in [0.2, 0.25) is 0 Å². The number of benzene rings is 1. The summed E-state index contributed by atoms with van der Waals surface area (Å²) in [6, 6.07) is 10.3. The SMILES string of the molecule is CCCCN(C)c1ccc(NC(=O)c2cccc(Cl)c2)nn1. The van der Waals surface area contributed by atoms with E-state index in [1.54, 1.807) is 30.3 Å². The Hall–Kier alpha value is -2.14. The normalized spacial score (nSPS) is 10.3. The van der Waals surface area contributed by atoms with Crippen molar-refractivity contribution in [3.63, 3.8) is 0 Å². The Bertz CT molecular complexity index is 630. The highest BCUT2D eigenvalue weighted by molar-refractivity contribution is 6.31. The van der Waals surface area contributed by atoms with Gasteiger partial charge in [0.15, 0.2) is 11.6 Å². The van der Waals surface area contributed by atoms with Crippen LogP contribution in [0.15, 0.2) is 36.4 Å². The van der Waals surface area contributed by atoms with Crippen LogP contribution in [0.4, 0.5) is 11.6 Å². The number of nitrogens with one attached hydrogen (secondary N) is 1. The first kappa shape index (κ1) is 16.2. The van der Waals surface area contributed by atoms with Crippen molar-refractivity contribution in [3.05, 3.63) is 47.0 Å². The van der Waals surface area contributed by atoms with Gasteiger partial charge in [-0.3, -0.25) is 4.79 Å². The maximum atomic E-state index is 12.1. The van der Waals surface area contributed by atoms with E-state index >= 15 is 0 Å². The van der Waals surface area contributed by atoms with E-state index in [0.29, 0.717) is 16.4 Å². The maximum Gasteiger partial charge on any atom is 0.256 e. The number of halogens is 1. The van der Waals surface area contributed by atoms with Crippen LogP contribution in [-0.2, 0) is 0 Å². The van der Waals surface area contributed by atoms with Crippen LogP contribution in [0, 0.1) is 0 Å². The molecule has 2 aromatic rings. The number of amides is 1. The highest BCUT2D eigenvalue weighted by atomic mass is 35.5. The first-order valence-electron chi connectivity index (χ1n) is 7.22. The number of unbranched alkanes of at least 4 members (excludes halogenated alkanes) is 1. The van der Waals surface area contributed by atoms with Gasteiger partial charge < -0.3 is 10.2 Å². The topological polar surface area (TPSA) is 58.1 Å². The summed E-state index contributed by atoms with van der Waals surface area (Å²) in [4.78, 5) is 14.1. The number of aromatic nitrogens is 2. The van der Waals surface area contributed by atoms with Gasteiger partial charge >= 0.3 is 0 Å². The zero-order chi connectivity index (χ0) is 15.9. The zero-order valence-electron chi connectivity index (χ0n) is 12.7. The standard InChI is InChI=1S/C16H19ClN4O/c1-3-4-10-21(2)15-9-8-14(19-20-15)18-16(22)12-6-5-7-13(17)11-12/h5-9,11H,3-4,10H2,1-2H3,(H,18,19,22). The van der Waals surface area contributed by atoms with Crippen LogP contribution >= 0.6 is 11.6 Å². The second-order valence-electron chi connectivity index (χ2n) is 5.02. The van der Waals surface area contributed by atoms with E-state index in [-0.39, 0.29) is 5.91 Å². The molecule has 1 heterocycles. The largest absolute Gasteiger partial charge is 0.358 e. The van der Waals surface area contributed by atoms with Gasteiger partial charge in [0.25, 0.3) is 5.91 Å². The first-order chi connectivity index (χ1) is 10.6. The molecule has 22 heavy (non-hydrogen) atoms. The third kappa shape index (κ3) is 4.43. The molecule has 1 aromatic carbocycles. The molecule has 116 valence electrons. The first-order valence-corrected chi connectivity index (χ1v) is 7.59. The van der Waals surface area contributed by atoms with Crippen LogP contribution in [0.1, 0.15) is 30.1 Å². The predicted molar refractivity (Wildman–Crippen MR) is 89.6 cm³/mol. The molecule has 0 aliphatic rings. The van der Waals surface area contributed by atoms with Crippen molar-refractivity contribution in [2.24, 2.45) is 0 Å². The van der Waals surface area contributed by atoms with Gasteiger partial charge in [-0.05, 0) is 36.8 Å². The van der Waals surface area contributed by atoms with E-state index in [4.69, 9.17) is 11.6 Å². The molecule has 0 saturated heterocycles. The molecule has 0 spiro atoms. The van der Waals surface area contributed by atoms with Gasteiger partial charge in [0.1, 0.15) is 0 Å². The van der Waals surface area contributed by atoms with E-state index in [0.717, 1.165) is 25.2 Å². The molecule has 0 unspecified atom stereocenters. The van der Waals surface area contributed by atoms with Crippen LogP contribution < -0.4 is 10.2 Å². The van der Waals surface area contributed by atoms with Crippen LogP contribution in [0.5, 0.6) is 0 Å². The van der Waals surface area contributed by atoms with E-state index in [9.17, 15) is 4.79 Å². The monoisotopic (exact) mass is 318 g/mol. The van der Waals surface area contributed by atoms with E-state index < -0.39 is 0 Å². The molecule has 0 fully saturated rings. The quantitative estimate of drug-likeness (QED) is 0.883. The minimum Gasteiger partial charge on any atom is -0.358 e. The molecular formula is C16H19ClN4O. The number of nitrogens with zero attached hydrogens (tertiary/aromatic N) is 3. The average molecular weight is 319 g/mol. The second-order valence-corrected chi connectivity index (χ2v) is 5.45. The lowest BCUT2D eigenvalue weighted by atomic mass is 10.2. The molecule has 0 bridgehead atoms. The Morgan fingerprint density at radius 1 is 1.27 bits per heavy atom. The fraction of sp³-hybridized carbons (Fsp3) is 0.312. The number of hydrogen-bond donors (Lipinski definition) is 1. The molecule has 0 atom stereocenters. The van der Waals surface area contributed by atoms with Crippen molar-refractivity contribution in [2.45, 2.75) is 19.8 Å². The predicted octanol–water partition coefficient (Wildman–Crippen LogP) is 3.62. The number of carbonyl (C=O) groups excluding carboxylic acids is 1. The van der Waals surface area contributed by atoms with Crippen molar-refractivity contribution in [2.75, 3.05) is 23.8 Å². The van der Waals surface area contributed by atoms with Crippen LogP contribution in [0.25, 0.3) is 0 Å². The maximum absolute atomic E-state index is 12.1. The third-order valence-electron chi connectivity index (χ3n) is 3.22. The number of carbonyl (C=O) groups is 1. The Balaban J connectivity index is 2.00. The van der Waals surface area contributed by atoms with E-state index in [2.05, 4.69) is 22.4 Å². The average Bonchev–Trinajstić information content (AvgIpc) is 2.53. The molecule has 0 saturated carbocycles. The van der Waals surface area contributed by atoms with Gasteiger partial charge in [-0.25, -0.2) is 0 Å². The summed E-state index contributed by atoms with van der Waals surface area (Å²) in [6.07, 6.45) is 2.23.